The highest BCUT2D eigenvalue weighted by molar-refractivity contribution is 6.27. The van der Waals surface area contributed by atoms with Gasteiger partial charge in [-0.15, -0.1) is 0 Å². The third-order valence-electron chi connectivity index (χ3n) is 12.2. The average molecular weight is 722 g/mol. The maximum Gasteiger partial charge on any atom is 0.0619 e. The molecule has 57 heavy (non-hydrogen) atoms. The zero-order chi connectivity index (χ0) is 37.5. The summed E-state index contributed by atoms with van der Waals surface area (Å²) in [7, 11) is 0. The summed E-state index contributed by atoms with van der Waals surface area (Å²) in [6, 6.07) is 78.3. The number of nitrogens with zero attached hydrogens (tertiary/aromatic N) is 1. The van der Waals surface area contributed by atoms with Gasteiger partial charge in [-0.1, -0.05) is 188 Å². The van der Waals surface area contributed by atoms with E-state index >= 15 is 0 Å². The van der Waals surface area contributed by atoms with Crippen molar-refractivity contribution in [1.29, 1.82) is 0 Å². The minimum atomic E-state index is 1.17. The Bertz CT molecular complexity index is 3510. The topological polar surface area (TPSA) is 4.93 Å². The fraction of sp³-hybridized carbons (Fsp3) is 0. The molecule has 0 aliphatic rings. The lowest BCUT2D eigenvalue weighted by molar-refractivity contribution is 1.19. The first-order valence-corrected chi connectivity index (χ1v) is 19.8. The van der Waals surface area contributed by atoms with Crippen LogP contribution in [0.4, 0.5) is 0 Å². The summed E-state index contributed by atoms with van der Waals surface area (Å²) in [5.74, 6) is 0. The van der Waals surface area contributed by atoms with Crippen LogP contribution < -0.4 is 0 Å². The second-order valence-corrected chi connectivity index (χ2v) is 15.1. The molecule has 1 nitrogen and oxygen atoms in total. The third-order valence-corrected chi connectivity index (χ3v) is 12.2. The lowest BCUT2D eigenvalue weighted by atomic mass is 9.82. The normalized spacial score (nSPS) is 11.9. The Morgan fingerprint density at radius 2 is 0.684 bits per heavy atom. The van der Waals surface area contributed by atoms with Crippen LogP contribution in [0.2, 0.25) is 0 Å². The van der Waals surface area contributed by atoms with Crippen molar-refractivity contribution in [3.63, 3.8) is 0 Å². The third kappa shape index (κ3) is 4.70. The van der Waals surface area contributed by atoms with Crippen LogP contribution in [0.1, 0.15) is 0 Å². The lowest BCUT2D eigenvalue weighted by Crippen LogP contribution is -1.95. The van der Waals surface area contributed by atoms with E-state index in [-0.39, 0.29) is 0 Å². The molecule has 0 amide bonds. The molecule has 0 bridgehead atoms. The van der Waals surface area contributed by atoms with E-state index in [0.29, 0.717) is 0 Å². The molecule has 0 N–H and O–H groups in total. The van der Waals surface area contributed by atoms with Crippen molar-refractivity contribution in [1.82, 2.24) is 4.57 Å². The Morgan fingerprint density at radius 1 is 0.246 bits per heavy atom. The number of benzene rings is 11. The van der Waals surface area contributed by atoms with Crippen molar-refractivity contribution >= 4 is 75.7 Å². The van der Waals surface area contributed by atoms with Crippen molar-refractivity contribution in [2.45, 2.75) is 0 Å². The van der Waals surface area contributed by atoms with E-state index in [9.17, 15) is 0 Å². The molecule has 0 aliphatic heterocycles. The molecule has 1 heteroatoms. The van der Waals surface area contributed by atoms with Gasteiger partial charge in [-0.3, -0.25) is 0 Å². The number of hydrogen-bond acceptors (Lipinski definition) is 0. The SMILES string of the molecule is c1ccc(-n2c3ccccc3c3cc(-c4ccc(-c5c6ccccc6c(-c6cccc7ccccc67)c6ccccc56)c5ccccc45)c4ccccc4c32)cc1. The molecule has 0 fully saturated rings. The molecule has 12 aromatic rings. The maximum atomic E-state index is 2.45. The molecule has 0 aliphatic carbocycles. The molecule has 12 rings (SSSR count). The second kappa shape index (κ2) is 12.5. The molecule has 264 valence electrons. The lowest BCUT2D eigenvalue weighted by Gasteiger charge is -2.20. The van der Waals surface area contributed by atoms with Gasteiger partial charge in [0.1, 0.15) is 0 Å². The first-order chi connectivity index (χ1) is 28.3. The van der Waals surface area contributed by atoms with E-state index in [1.807, 2.05) is 0 Å². The van der Waals surface area contributed by atoms with Gasteiger partial charge in [-0.2, -0.15) is 0 Å². The van der Waals surface area contributed by atoms with E-state index in [4.69, 9.17) is 0 Å². The zero-order valence-corrected chi connectivity index (χ0v) is 31.2. The predicted octanol–water partition coefficient (Wildman–Crippen LogP) is 15.6. The monoisotopic (exact) mass is 721 g/mol. The van der Waals surface area contributed by atoms with Crippen molar-refractivity contribution in [3.8, 4) is 39.1 Å². The number of hydrogen-bond donors (Lipinski definition) is 0. The highest BCUT2D eigenvalue weighted by Gasteiger charge is 2.22. The largest absolute Gasteiger partial charge is 0.309 e. The van der Waals surface area contributed by atoms with Crippen LogP contribution in [0.3, 0.4) is 0 Å². The molecular weight excluding hydrogens is 687 g/mol. The van der Waals surface area contributed by atoms with E-state index in [1.165, 1.54) is 115 Å². The molecule has 0 radical (unpaired) electrons. The standard InChI is InChI=1S/C56H35N/c1-2-19-37(20-3-1)57-53-32-15-14-25-43(53)52-35-51(41-24-8-13-30-50(41)56(52)57)42-33-34-49(40-23-7-6-22-39(40)42)55-47-28-11-9-26-45(47)54(46-27-10-12-29-48(46)55)44-31-16-18-36-17-4-5-21-38(36)44/h1-35H. The summed E-state index contributed by atoms with van der Waals surface area (Å²) in [6.45, 7) is 0. The second-order valence-electron chi connectivity index (χ2n) is 15.1. The van der Waals surface area contributed by atoms with E-state index < -0.39 is 0 Å². The van der Waals surface area contributed by atoms with Gasteiger partial charge in [-0.05, 0) is 106 Å². The van der Waals surface area contributed by atoms with Crippen LogP contribution >= 0.6 is 0 Å². The fourth-order valence-corrected chi connectivity index (χ4v) is 9.80. The molecule has 1 heterocycles. The van der Waals surface area contributed by atoms with Gasteiger partial charge in [0.2, 0.25) is 0 Å². The van der Waals surface area contributed by atoms with Crippen molar-refractivity contribution in [2.75, 3.05) is 0 Å². The summed E-state index contributed by atoms with van der Waals surface area (Å²) >= 11 is 0. The van der Waals surface area contributed by atoms with Crippen LogP contribution in [0.15, 0.2) is 212 Å². The van der Waals surface area contributed by atoms with Gasteiger partial charge in [0.15, 0.2) is 0 Å². The van der Waals surface area contributed by atoms with Crippen LogP contribution in [0, 0.1) is 0 Å². The highest BCUT2D eigenvalue weighted by atomic mass is 15.0. The summed E-state index contributed by atoms with van der Waals surface area (Å²) in [5.41, 5.74) is 11.2. The minimum Gasteiger partial charge on any atom is -0.309 e. The molecule has 0 spiro atoms. The predicted molar refractivity (Wildman–Crippen MR) is 245 cm³/mol. The zero-order valence-electron chi connectivity index (χ0n) is 31.2. The Kier molecular flexibility index (Phi) is 7.00. The number of aromatic nitrogens is 1. The highest BCUT2D eigenvalue weighted by Crippen LogP contribution is 2.49. The van der Waals surface area contributed by atoms with Crippen molar-refractivity contribution < 1.29 is 0 Å². The van der Waals surface area contributed by atoms with Crippen LogP contribution in [-0.2, 0) is 0 Å². The average Bonchev–Trinajstić information content (AvgIpc) is 3.62. The van der Waals surface area contributed by atoms with Gasteiger partial charge in [0.25, 0.3) is 0 Å². The van der Waals surface area contributed by atoms with E-state index in [0.717, 1.165) is 0 Å². The number of fused-ring (bicyclic) bond motifs is 9. The molecule has 0 atom stereocenters. The Balaban J connectivity index is 1.16. The summed E-state index contributed by atoms with van der Waals surface area (Å²) in [5, 5.41) is 15.1. The van der Waals surface area contributed by atoms with Crippen LogP contribution in [0.25, 0.3) is 115 Å². The maximum absolute atomic E-state index is 2.45. The summed E-state index contributed by atoms with van der Waals surface area (Å²) in [4.78, 5) is 0. The molecular formula is C56H35N. The Morgan fingerprint density at radius 3 is 1.33 bits per heavy atom. The van der Waals surface area contributed by atoms with Gasteiger partial charge in [0, 0.05) is 21.8 Å². The molecule has 11 aromatic carbocycles. The van der Waals surface area contributed by atoms with Crippen molar-refractivity contribution in [2.24, 2.45) is 0 Å². The van der Waals surface area contributed by atoms with Gasteiger partial charge >= 0.3 is 0 Å². The van der Waals surface area contributed by atoms with Gasteiger partial charge < -0.3 is 4.57 Å². The number of para-hydroxylation sites is 2. The summed E-state index contributed by atoms with van der Waals surface area (Å²) < 4.78 is 2.44. The summed E-state index contributed by atoms with van der Waals surface area (Å²) in [6.07, 6.45) is 0. The Labute approximate surface area is 330 Å². The molecule has 0 unspecified atom stereocenters. The van der Waals surface area contributed by atoms with E-state index in [1.54, 1.807) is 0 Å². The molecule has 1 aromatic heterocycles. The molecule has 0 saturated carbocycles. The quantitative estimate of drug-likeness (QED) is 0.160. The van der Waals surface area contributed by atoms with Gasteiger partial charge in [0.05, 0.1) is 11.0 Å². The van der Waals surface area contributed by atoms with Gasteiger partial charge in [-0.25, -0.2) is 0 Å². The van der Waals surface area contributed by atoms with Crippen molar-refractivity contribution in [3.05, 3.63) is 212 Å². The van der Waals surface area contributed by atoms with Crippen LogP contribution in [-0.4, -0.2) is 4.57 Å². The smallest absolute Gasteiger partial charge is 0.0619 e. The Hall–Kier alpha value is -7.48. The first-order valence-electron chi connectivity index (χ1n) is 19.8. The number of rotatable bonds is 4. The molecule has 0 saturated heterocycles. The van der Waals surface area contributed by atoms with Crippen LogP contribution in [0.5, 0.6) is 0 Å². The first kappa shape index (κ1) is 31.8. The van der Waals surface area contributed by atoms with E-state index in [2.05, 4.69) is 217 Å². The fourth-order valence-electron chi connectivity index (χ4n) is 9.80. The minimum absolute atomic E-state index is 1.17.